The third kappa shape index (κ3) is 5.59. The lowest BCUT2D eigenvalue weighted by Gasteiger charge is -2.43. The van der Waals surface area contributed by atoms with E-state index in [0.29, 0.717) is 18.1 Å². The second-order valence-electron chi connectivity index (χ2n) is 11.1. The fourth-order valence-electron chi connectivity index (χ4n) is 6.11. The molecule has 0 N–H and O–H groups in total. The van der Waals surface area contributed by atoms with Crippen LogP contribution in [0.3, 0.4) is 0 Å². The van der Waals surface area contributed by atoms with Crippen molar-refractivity contribution in [3.05, 3.63) is 31.7 Å². The molecule has 3 heterocycles. The first-order valence-electron chi connectivity index (χ1n) is 12.7. The second kappa shape index (κ2) is 9.66. The first-order chi connectivity index (χ1) is 16.2. The Balaban J connectivity index is 1.03. The molecule has 0 unspecified atom stereocenters. The smallest absolute Gasteiger partial charge is 0.250 e. The highest BCUT2D eigenvalue weighted by atomic mass is 32.1. The molecule has 4 nitrogen and oxygen atoms in total. The maximum atomic E-state index is 13.5. The number of aryl methyl sites for hydroxylation is 1. The third-order valence-electron chi connectivity index (χ3n) is 8.00. The predicted octanol–water partition coefficient (Wildman–Crippen LogP) is 6.35. The van der Waals surface area contributed by atoms with Gasteiger partial charge in [-0.2, -0.15) is 0 Å². The molecule has 2 aromatic rings. The number of fused-ring (bicyclic) bond motifs is 1. The van der Waals surface area contributed by atoms with E-state index in [-0.39, 0.29) is 12.8 Å². The zero-order valence-corrected chi connectivity index (χ0v) is 21.9. The van der Waals surface area contributed by atoms with Gasteiger partial charge in [0, 0.05) is 60.1 Å². The summed E-state index contributed by atoms with van der Waals surface area (Å²) in [6, 6.07) is 0. The lowest BCUT2D eigenvalue weighted by molar-refractivity contribution is -0.121. The summed E-state index contributed by atoms with van der Waals surface area (Å²) in [5.74, 6) is -0.860. The molecule has 0 amide bonds. The van der Waals surface area contributed by atoms with E-state index >= 15 is 0 Å². The van der Waals surface area contributed by atoms with Gasteiger partial charge in [-0.15, -0.1) is 22.7 Å². The minimum absolute atomic E-state index is 0.0602. The topological polar surface area (TPSA) is 46.1 Å². The number of halogens is 2. The molecular formula is C26H35F2N3OS2. The highest BCUT2D eigenvalue weighted by molar-refractivity contribution is 7.12. The molecule has 5 rings (SSSR count). The number of Topliss-reactive ketones (excluding diaryl/α,β-unsaturated/α-hetero) is 1. The quantitative estimate of drug-likeness (QED) is 0.418. The van der Waals surface area contributed by atoms with Crippen LogP contribution < -0.4 is 0 Å². The first kappa shape index (κ1) is 24.4. The number of hydrogen-bond acceptors (Lipinski definition) is 6. The largest absolute Gasteiger partial charge is 0.299 e. The van der Waals surface area contributed by atoms with Gasteiger partial charge in [0.2, 0.25) is 5.92 Å². The van der Waals surface area contributed by atoms with Gasteiger partial charge >= 0.3 is 0 Å². The van der Waals surface area contributed by atoms with E-state index in [9.17, 15) is 13.6 Å². The van der Waals surface area contributed by atoms with Gasteiger partial charge in [0.05, 0.1) is 15.7 Å². The van der Waals surface area contributed by atoms with E-state index < -0.39 is 11.3 Å². The van der Waals surface area contributed by atoms with E-state index in [2.05, 4.69) is 9.88 Å². The predicted molar refractivity (Wildman–Crippen MR) is 133 cm³/mol. The molecule has 0 spiro atoms. The summed E-state index contributed by atoms with van der Waals surface area (Å²) >= 11 is 3.30. The highest BCUT2D eigenvalue weighted by Gasteiger charge is 2.56. The molecule has 2 fully saturated rings. The van der Waals surface area contributed by atoms with Crippen molar-refractivity contribution < 1.29 is 13.6 Å². The zero-order valence-electron chi connectivity index (χ0n) is 20.2. The molecule has 0 aromatic carbocycles. The molecule has 3 aliphatic rings. The Morgan fingerprint density at radius 1 is 1.18 bits per heavy atom. The van der Waals surface area contributed by atoms with Crippen molar-refractivity contribution in [1.29, 1.82) is 0 Å². The monoisotopic (exact) mass is 507 g/mol. The molecular weight excluding hydrogens is 472 g/mol. The van der Waals surface area contributed by atoms with Crippen LogP contribution in [0.5, 0.6) is 0 Å². The molecule has 2 aromatic heterocycles. The number of aromatic nitrogens is 2. The number of carbonyl (C=O) groups is 1. The van der Waals surface area contributed by atoms with Crippen molar-refractivity contribution in [2.75, 3.05) is 13.1 Å². The van der Waals surface area contributed by atoms with Gasteiger partial charge in [-0.05, 0) is 51.0 Å². The van der Waals surface area contributed by atoms with Crippen molar-refractivity contribution in [2.45, 2.75) is 95.9 Å². The van der Waals surface area contributed by atoms with E-state index in [1.54, 1.807) is 22.7 Å². The SMILES string of the molecule is Cc1ncc(CC(=O)CC2CCC(CCN3CCc4sc(C5(C)CC(F)(F)C5)nc4C3)CC2)s1. The molecule has 186 valence electrons. The molecule has 34 heavy (non-hydrogen) atoms. The molecule has 0 atom stereocenters. The Morgan fingerprint density at radius 3 is 2.59 bits per heavy atom. The van der Waals surface area contributed by atoms with E-state index in [4.69, 9.17) is 4.98 Å². The second-order valence-corrected chi connectivity index (χ2v) is 13.5. The van der Waals surface area contributed by atoms with Gasteiger partial charge < -0.3 is 0 Å². The van der Waals surface area contributed by atoms with Gasteiger partial charge in [0.15, 0.2) is 0 Å². The maximum absolute atomic E-state index is 13.5. The average Bonchev–Trinajstić information content (AvgIpc) is 3.37. The highest BCUT2D eigenvalue weighted by Crippen LogP contribution is 2.54. The van der Waals surface area contributed by atoms with Gasteiger partial charge in [0.1, 0.15) is 5.78 Å². The molecule has 1 aliphatic heterocycles. The number of thiazole rings is 2. The summed E-state index contributed by atoms with van der Waals surface area (Å²) in [5, 5.41) is 1.95. The lowest BCUT2D eigenvalue weighted by Crippen LogP contribution is -2.47. The first-order valence-corrected chi connectivity index (χ1v) is 14.3. The normalized spacial score (nSPS) is 26.1. The number of carbonyl (C=O) groups excluding carboxylic acids is 1. The molecule has 0 radical (unpaired) electrons. The zero-order chi connectivity index (χ0) is 23.9. The van der Waals surface area contributed by atoms with Gasteiger partial charge in [-0.3, -0.25) is 9.69 Å². The third-order valence-corrected chi connectivity index (χ3v) is 10.4. The Bertz CT molecular complexity index is 1020. The average molecular weight is 508 g/mol. The maximum Gasteiger partial charge on any atom is 0.250 e. The van der Waals surface area contributed by atoms with E-state index in [1.165, 1.54) is 37.0 Å². The van der Waals surface area contributed by atoms with Crippen LogP contribution >= 0.6 is 22.7 Å². The molecule has 0 bridgehead atoms. The molecule has 0 saturated heterocycles. The van der Waals surface area contributed by atoms with Crippen molar-refractivity contribution in [3.63, 3.8) is 0 Å². The minimum atomic E-state index is -2.51. The van der Waals surface area contributed by atoms with Crippen molar-refractivity contribution >= 4 is 28.5 Å². The Hall–Kier alpha value is -1.25. The van der Waals surface area contributed by atoms with Crippen LogP contribution in [0.25, 0.3) is 0 Å². The van der Waals surface area contributed by atoms with Crippen LogP contribution in [0, 0.1) is 18.8 Å². The van der Waals surface area contributed by atoms with Crippen LogP contribution in [0.4, 0.5) is 8.78 Å². The van der Waals surface area contributed by atoms with Crippen molar-refractivity contribution in [1.82, 2.24) is 14.9 Å². The number of hydrogen-bond donors (Lipinski definition) is 0. The summed E-state index contributed by atoms with van der Waals surface area (Å²) in [7, 11) is 0. The number of rotatable bonds is 8. The number of nitrogens with zero attached hydrogens (tertiary/aromatic N) is 3. The summed E-state index contributed by atoms with van der Waals surface area (Å²) in [6.07, 6.45) is 9.97. The van der Waals surface area contributed by atoms with Crippen LogP contribution in [0.15, 0.2) is 6.20 Å². The van der Waals surface area contributed by atoms with Gasteiger partial charge in [0.25, 0.3) is 0 Å². The van der Waals surface area contributed by atoms with Crippen molar-refractivity contribution in [3.8, 4) is 0 Å². The summed E-state index contributed by atoms with van der Waals surface area (Å²) in [5.41, 5.74) is 0.691. The number of alkyl halides is 2. The minimum Gasteiger partial charge on any atom is -0.299 e. The summed E-state index contributed by atoms with van der Waals surface area (Å²) < 4.78 is 26.9. The van der Waals surface area contributed by atoms with E-state index in [0.717, 1.165) is 59.0 Å². The van der Waals surface area contributed by atoms with Crippen molar-refractivity contribution in [2.24, 2.45) is 11.8 Å². The standard InChI is InChI=1S/C26H35F2N3OS2/c1-17-29-13-21(33-17)12-20(32)11-19-5-3-18(4-6-19)7-9-31-10-8-23-22(14-31)30-24(34-23)25(2)15-26(27,28)16-25/h13,18-19H,3-12,14-16H2,1-2H3. The van der Waals surface area contributed by atoms with Crippen LogP contribution in [0.2, 0.25) is 0 Å². The molecule has 2 saturated carbocycles. The summed E-state index contributed by atoms with van der Waals surface area (Å²) in [6.45, 7) is 6.91. The van der Waals surface area contributed by atoms with E-state index in [1.807, 2.05) is 20.0 Å². The number of ketones is 1. The molecule has 2 aliphatic carbocycles. The Labute approximate surface area is 209 Å². The lowest BCUT2D eigenvalue weighted by atomic mass is 9.68. The van der Waals surface area contributed by atoms with Gasteiger partial charge in [-0.25, -0.2) is 18.7 Å². The molecule has 8 heteroatoms. The Kier molecular flexibility index (Phi) is 6.94. The fraction of sp³-hybridized carbons (Fsp3) is 0.731. The summed E-state index contributed by atoms with van der Waals surface area (Å²) in [4.78, 5) is 26.4. The Morgan fingerprint density at radius 2 is 1.91 bits per heavy atom. The van der Waals surface area contributed by atoms with Gasteiger partial charge in [-0.1, -0.05) is 19.8 Å². The van der Waals surface area contributed by atoms with Crippen LogP contribution in [-0.2, 0) is 29.6 Å². The van der Waals surface area contributed by atoms with Crippen LogP contribution in [0.1, 0.15) is 83.8 Å². The van der Waals surface area contributed by atoms with Crippen LogP contribution in [-0.4, -0.2) is 39.7 Å². The fourth-order valence-corrected chi connectivity index (χ4v) is 8.13.